The van der Waals surface area contributed by atoms with Crippen LogP contribution in [0.4, 0.5) is 0 Å². The van der Waals surface area contributed by atoms with Gasteiger partial charge in [0, 0.05) is 0 Å². The SMILES string of the molecule is CC/C=C/C(=O)c1ccc(Cl)s1. The van der Waals surface area contributed by atoms with Gasteiger partial charge in [-0.15, -0.1) is 11.3 Å². The molecule has 1 rings (SSSR count). The van der Waals surface area contributed by atoms with Crippen LogP contribution in [0.15, 0.2) is 24.3 Å². The summed E-state index contributed by atoms with van der Waals surface area (Å²) in [6.07, 6.45) is 4.31. The van der Waals surface area contributed by atoms with Gasteiger partial charge < -0.3 is 0 Å². The van der Waals surface area contributed by atoms with E-state index in [1.165, 1.54) is 11.3 Å². The van der Waals surface area contributed by atoms with E-state index in [0.717, 1.165) is 6.42 Å². The fourth-order valence-corrected chi connectivity index (χ4v) is 1.72. The highest BCUT2D eigenvalue weighted by molar-refractivity contribution is 7.18. The zero-order chi connectivity index (χ0) is 8.97. The van der Waals surface area contributed by atoms with Crippen LogP contribution in [0, 0.1) is 0 Å². The second-order valence-electron chi connectivity index (χ2n) is 2.28. The Kier molecular flexibility index (Phi) is 3.50. The van der Waals surface area contributed by atoms with Crippen LogP contribution in [-0.4, -0.2) is 5.78 Å². The van der Waals surface area contributed by atoms with E-state index >= 15 is 0 Å². The molecule has 0 aliphatic carbocycles. The zero-order valence-corrected chi connectivity index (χ0v) is 8.28. The van der Waals surface area contributed by atoms with E-state index in [1.54, 1.807) is 18.2 Å². The molecule has 0 N–H and O–H groups in total. The summed E-state index contributed by atoms with van der Waals surface area (Å²) in [5.74, 6) is 0.0359. The van der Waals surface area contributed by atoms with Crippen molar-refractivity contribution in [1.29, 1.82) is 0 Å². The lowest BCUT2D eigenvalue weighted by Gasteiger charge is -1.85. The number of halogens is 1. The van der Waals surface area contributed by atoms with Crippen molar-refractivity contribution in [2.24, 2.45) is 0 Å². The van der Waals surface area contributed by atoms with Gasteiger partial charge in [0.2, 0.25) is 0 Å². The molecule has 1 aromatic rings. The molecule has 0 aliphatic heterocycles. The molecular weight excluding hydrogens is 192 g/mol. The van der Waals surface area contributed by atoms with Crippen molar-refractivity contribution < 1.29 is 4.79 Å². The van der Waals surface area contributed by atoms with Crippen LogP contribution in [0.3, 0.4) is 0 Å². The molecule has 0 saturated heterocycles. The number of allylic oxidation sites excluding steroid dienone is 2. The van der Waals surface area contributed by atoms with Gasteiger partial charge in [0.05, 0.1) is 9.21 Å². The molecule has 0 atom stereocenters. The Morgan fingerprint density at radius 2 is 2.42 bits per heavy atom. The number of carbonyl (C=O) groups excluding carboxylic acids is 1. The summed E-state index contributed by atoms with van der Waals surface area (Å²) in [4.78, 5) is 12.0. The Morgan fingerprint density at radius 1 is 1.67 bits per heavy atom. The number of rotatable bonds is 3. The highest BCUT2D eigenvalue weighted by Crippen LogP contribution is 2.21. The molecule has 0 radical (unpaired) electrons. The number of thiophene rings is 1. The van der Waals surface area contributed by atoms with Gasteiger partial charge in [0.25, 0.3) is 0 Å². The molecule has 3 heteroatoms. The minimum atomic E-state index is 0.0359. The first-order valence-electron chi connectivity index (χ1n) is 3.70. The summed E-state index contributed by atoms with van der Waals surface area (Å²) in [5, 5.41) is 0. The third-order valence-electron chi connectivity index (χ3n) is 1.32. The van der Waals surface area contributed by atoms with Crippen molar-refractivity contribution in [2.75, 3.05) is 0 Å². The molecule has 0 amide bonds. The summed E-state index contributed by atoms with van der Waals surface area (Å²) < 4.78 is 0.656. The summed E-state index contributed by atoms with van der Waals surface area (Å²) in [5.41, 5.74) is 0. The standard InChI is InChI=1S/C9H9ClOS/c1-2-3-4-7(11)8-5-6-9(10)12-8/h3-6H,2H2,1H3/b4-3+. The Hall–Kier alpha value is -0.600. The predicted octanol–water partition coefficient (Wildman–Crippen LogP) is 3.55. The van der Waals surface area contributed by atoms with Gasteiger partial charge in [-0.1, -0.05) is 24.6 Å². The zero-order valence-electron chi connectivity index (χ0n) is 6.71. The maximum Gasteiger partial charge on any atom is 0.195 e. The molecule has 12 heavy (non-hydrogen) atoms. The number of ketones is 1. The third-order valence-corrected chi connectivity index (χ3v) is 2.57. The average Bonchev–Trinajstić information content (AvgIpc) is 2.47. The summed E-state index contributed by atoms with van der Waals surface area (Å²) >= 11 is 6.99. The van der Waals surface area contributed by atoms with E-state index in [2.05, 4.69) is 0 Å². The topological polar surface area (TPSA) is 17.1 Å². The lowest BCUT2D eigenvalue weighted by atomic mass is 10.3. The molecular formula is C9H9ClOS. The predicted molar refractivity (Wildman–Crippen MR) is 53.1 cm³/mol. The van der Waals surface area contributed by atoms with E-state index in [1.807, 2.05) is 13.0 Å². The molecule has 0 aromatic carbocycles. The lowest BCUT2D eigenvalue weighted by molar-refractivity contribution is 0.105. The van der Waals surface area contributed by atoms with E-state index in [9.17, 15) is 4.79 Å². The molecule has 1 nitrogen and oxygen atoms in total. The molecule has 1 aromatic heterocycles. The van der Waals surface area contributed by atoms with Crippen LogP contribution in [0.25, 0.3) is 0 Å². The van der Waals surface area contributed by atoms with E-state index in [0.29, 0.717) is 9.21 Å². The minimum absolute atomic E-state index is 0.0359. The van der Waals surface area contributed by atoms with Crippen molar-refractivity contribution in [3.8, 4) is 0 Å². The van der Waals surface area contributed by atoms with Crippen LogP contribution in [0.5, 0.6) is 0 Å². The quantitative estimate of drug-likeness (QED) is 0.539. The van der Waals surface area contributed by atoms with Crippen LogP contribution in [-0.2, 0) is 0 Å². The largest absolute Gasteiger partial charge is 0.288 e. The van der Waals surface area contributed by atoms with Crippen molar-refractivity contribution in [3.63, 3.8) is 0 Å². The van der Waals surface area contributed by atoms with Crippen LogP contribution in [0.2, 0.25) is 4.34 Å². The van der Waals surface area contributed by atoms with E-state index < -0.39 is 0 Å². The van der Waals surface area contributed by atoms with Gasteiger partial charge in [-0.3, -0.25) is 4.79 Å². The molecule has 1 heterocycles. The van der Waals surface area contributed by atoms with Gasteiger partial charge in [0.1, 0.15) is 0 Å². The minimum Gasteiger partial charge on any atom is -0.288 e. The van der Waals surface area contributed by atoms with Gasteiger partial charge in [0.15, 0.2) is 5.78 Å². The molecule has 0 saturated carbocycles. The Balaban J connectivity index is 2.72. The summed E-state index contributed by atoms with van der Waals surface area (Å²) in [6.45, 7) is 1.99. The maximum atomic E-state index is 11.3. The van der Waals surface area contributed by atoms with Crippen molar-refractivity contribution in [3.05, 3.63) is 33.5 Å². The first kappa shape index (κ1) is 9.49. The molecule has 0 aliphatic rings. The Labute approximate surface area is 80.7 Å². The summed E-state index contributed by atoms with van der Waals surface area (Å²) in [6, 6.07) is 3.48. The number of hydrogen-bond donors (Lipinski definition) is 0. The van der Waals surface area contributed by atoms with E-state index in [4.69, 9.17) is 11.6 Å². The monoisotopic (exact) mass is 200 g/mol. The smallest absolute Gasteiger partial charge is 0.195 e. The fourth-order valence-electron chi connectivity index (χ4n) is 0.754. The normalized spacial score (nSPS) is 10.8. The van der Waals surface area contributed by atoms with E-state index in [-0.39, 0.29) is 5.78 Å². The Bertz CT molecular complexity index is 301. The van der Waals surface area contributed by atoms with Crippen LogP contribution < -0.4 is 0 Å². The molecule has 64 valence electrons. The second kappa shape index (κ2) is 4.43. The van der Waals surface area contributed by atoms with Crippen LogP contribution >= 0.6 is 22.9 Å². The molecule has 0 unspecified atom stereocenters. The van der Waals surface area contributed by atoms with Gasteiger partial charge in [-0.05, 0) is 24.6 Å². The van der Waals surface area contributed by atoms with Gasteiger partial charge in [-0.2, -0.15) is 0 Å². The highest BCUT2D eigenvalue weighted by Gasteiger charge is 2.03. The van der Waals surface area contributed by atoms with Crippen LogP contribution in [0.1, 0.15) is 23.0 Å². The van der Waals surface area contributed by atoms with Crippen molar-refractivity contribution >= 4 is 28.7 Å². The third kappa shape index (κ3) is 2.47. The second-order valence-corrected chi connectivity index (χ2v) is 3.99. The summed E-state index contributed by atoms with van der Waals surface area (Å²) in [7, 11) is 0. The Morgan fingerprint density at radius 3 is 2.92 bits per heavy atom. The molecule has 0 spiro atoms. The number of carbonyl (C=O) groups is 1. The first-order chi connectivity index (χ1) is 5.74. The average molecular weight is 201 g/mol. The lowest BCUT2D eigenvalue weighted by Crippen LogP contribution is -1.87. The van der Waals surface area contributed by atoms with Crippen molar-refractivity contribution in [1.82, 2.24) is 0 Å². The fraction of sp³-hybridized carbons (Fsp3) is 0.222. The highest BCUT2D eigenvalue weighted by atomic mass is 35.5. The molecule has 0 fully saturated rings. The van der Waals surface area contributed by atoms with Gasteiger partial charge >= 0.3 is 0 Å². The first-order valence-corrected chi connectivity index (χ1v) is 4.89. The van der Waals surface area contributed by atoms with Crippen molar-refractivity contribution in [2.45, 2.75) is 13.3 Å². The maximum absolute atomic E-state index is 11.3. The number of hydrogen-bond acceptors (Lipinski definition) is 2. The van der Waals surface area contributed by atoms with Gasteiger partial charge in [-0.25, -0.2) is 0 Å². The molecule has 0 bridgehead atoms.